The molecule has 0 aliphatic heterocycles. The molecule has 2 N–H and O–H groups in total. The molecule has 0 aromatic carbocycles. The smallest absolute Gasteiger partial charge is 0.0824 e. The highest BCUT2D eigenvalue weighted by atomic mass is 16.3. The summed E-state index contributed by atoms with van der Waals surface area (Å²) in [7, 11) is 0. The van der Waals surface area contributed by atoms with E-state index in [9.17, 15) is 10.2 Å². The van der Waals surface area contributed by atoms with E-state index in [-0.39, 0.29) is 38.4 Å². The highest BCUT2D eigenvalue weighted by Gasteiger charge is 2.56. The number of hydrogen-bond acceptors (Lipinski definition) is 2. The Morgan fingerprint density at radius 2 is 0.941 bits per heavy atom. The van der Waals surface area contributed by atoms with Crippen LogP contribution in [0.5, 0.6) is 0 Å². The molecule has 2 aliphatic rings. The van der Waals surface area contributed by atoms with Gasteiger partial charge in [-0.15, -0.1) is 0 Å². The molecule has 0 aromatic heterocycles. The Kier molecular flexibility index (Phi) is 7.77. The van der Waals surface area contributed by atoms with E-state index < -0.39 is 12.2 Å². The van der Waals surface area contributed by atoms with E-state index in [2.05, 4.69) is 114 Å². The first-order valence-electron chi connectivity index (χ1n) is 13.4. The summed E-state index contributed by atoms with van der Waals surface area (Å²) in [6.45, 7) is 29.3. The zero-order valence-electron chi connectivity index (χ0n) is 24.5. The number of hydrogen-bond donors (Lipinski definition) is 2. The molecule has 0 amide bonds. The summed E-state index contributed by atoms with van der Waals surface area (Å²) in [6, 6.07) is 0. The number of allylic oxidation sites excluding steroid dienone is 4. The minimum atomic E-state index is -0.528. The number of aliphatic hydroxyl groups is 2. The van der Waals surface area contributed by atoms with Crippen molar-refractivity contribution in [2.24, 2.45) is 38.4 Å². The maximum absolute atomic E-state index is 11.4. The molecule has 2 unspecified atom stereocenters. The van der Waals surface area contributed by atoms with Crippen LogP contribution in [0.2, 0.25) is 0 Å². The lowest BCUT2D eigenvalue weighted by molar-refractivity contribution is -0.0721. The Bertz CT molecular complexity index is 755. The molecule has 0 spiro atoms. The first-order valence-corrected chi connectivity index (χ1v) is 13.4. The molecule has 0 heterocycles. The Morgan fingerprint density at radius 3 is 1.18 bits per heavy atom. The zero-order chi connectivity index (χ0) is 26.5. The number of rotatable bonds is 4. The second kappa shape index (κ2) is 9.07. The van der Waals surface area contributed by atoms with Crippen LogP contribution in [0, 0.1) is 38.4 Å². The first-order chi connectivity index (χ1) is 15.2. The second-order valence-electron chi connectivity index (χ2n) is 15.0. The third-order valence-corrected chi connectivity index (χ3v) is 9.01. The quantitative estimate of drug-likeness (QED) is 0.434. The van der Waals surface area contributed by atoms with Crippen molar-refractivity contribution in [1.82, 2.24) is 0 Å². The monoisotopic (exact) mass is 470 g/mol. The summed E-state index contributed by atoms with van der Waals surface area (Å²) in [5.41, 5.74) is 1.33. The molecule has 2 nitrogen and oxygen atoms in total. The predicted molar refractivity (Wildman–Crippen MR) is 148 cm³/mol. The first kappa shape index (κ1) is 29.1. The lowest BCUT2D eigenvalue weighted by Gasteiger charge is -2.56. The van der Waals surface area contributed by atoms with Crippen molar-refractivity contribution in [2.75, 3.05) is 0 Å². The zero-order valence-corrected chi connectivity index (χ0v) is 24.5. The van der Waals surface area contributed by atoms with Gasteiger partial charge in [-0.2, -0.15) is 0 Å². The molecule has 2 aliphatic carbocycles. The van der Waals surface area contributed by atoms with Gasteiger partial charge in [0.05, 0.1) is 12.2 Å². The van der Waals surface area contributed by atoms with E-state index in [4.69, 9.17) is 0 Å². The van der Waals surface area contributed by atoms with Gasteiger partial charge in [0.25, 0.3) is 0 Å². The fourth-order valence-corrected chi connectivity index (χ4v) is 7.64. The molecular formula is C32H54O2. The fraction of sp³-hybridized carbons (Fsp3) is 0.750. The summed E-state index contributed by atoms with van der Waals surface area (Å²) >= 11 is 0. The van der Waals surface area contributed by atoms with Gasteiger partial charge < -0.3 is 10.2 Å². The summed E-state index contributed by atoms with van der Waals surface area (Å²) in [6.07, 6.45) is 14.2. The highest BCUT2D eigenvalue weighted by molar-refractivity contribution is 5.45. The van der Waals surface area contributed by atoms with Crippen LogP contribution in [0.25, 0.3) is 0 Å². The highest BCUT2D eigenvalue weighted by Crippen LogP contribution is 2.60. The molecule has 0 aromatic rings. The molecule has 0 saturated heterocycles. The summed E-state index contributed by atoms with van der Waals surface area (Å²) in [5, 5.41) is 22.7. The van der Waals surface area contributed by atoms with Crippen molar-refractivity contribution in [3.63, 3.8) is 0 Å². The van der Waals surface area contributed by atoms with Gasteiger partial charge in [-0.25, -0.2) is 0 Å². The Labute approximate surface area is 211 Å². The molecule has 2 heteroatoms. The molecule has 194 valence electrons. The fourth-order valence-electron chi connectivity index (χ4n) is 7.64. The molecule has 0 fully saturated rings. The Balaban J connectivity index is 2.80. The van der Waals surface area contributed by atoms with Crippen LogP contribution in [-0.4, -0.2) is 22.4 Å². The van der Waals surface area contributed by atoms with Crippen molar-refractivity contribution in [3.8, 4) is 0 Å². The summed E-state index contributed by atoms with van der Waals surface area (Å²) < 4.78 is 0. The average molecular weight is 471 g/mol. The minimum absolute atomic E-state index is 0.120. The van der Waals surface area contributed by atoms with Gasteiger partial charge in [0.15, 0.2) is 0 Å². The van der Waals surface area contributed by atoms with Gasteiger partial charge >= 0.3 is 0 Å². The molecule has 0 bridgehead atoms. The lowest BCUT2D eigenvalue weighted by atomic mass is 9.48. The Morgan fingerprint density at radius 1 is 0.647 bits per heavy atom. The van der Waals surface area contributed by atoms with E-state index in [0.717, 1.165) is 12.8 Å². The summed E-state index contributed by atoms with van der Waals surface area (Å²) in [4.78, 5) is 0. The topological polar surface area (TPSA) is 40.5 Å². The predicted octanol–water partition coefficient (Wildman–Crippen LogP) is 8.27. The van der Waals surface area contributed by atoms with Crippen molar-refractivity contribution in [1.29, 1.82) is 0 Å². The molecule has 2 rings (SSSR count). The SMILES string of the molecule is CCCC(C1=CC(C(C)(C)C)(C(C)(C)C)C(O)C=C1)C1=CC(C(C)(C)C)(C(C)(C)C)C(O)C=C1. The normalized spacial score (nSPS) is 26.2. The van der Waals surface area contributed by atoms with E-state index in [1.807, 2.05) is 12.2 Å². The largest absolute Gasteiger partial charge is 0.388 e. The van der Waals surface area contributed by atoms with Gasteiger partial charge in [-0.1, -0.05) is 133 Å². The van der Waals surface area contributed by atoms with E-state index >= 15 is 0 Å². The van der Waals surface area contributed by atoms with E-state index in [0.29, 0.717) is 0 Å². The Hall–Kier alpha value is -1.12. The molecule has 0 saturated carbocycles. The molecule has 34 heavy (non-hydrogen) atoms. The van der Waals surface area contributed by atoms with E-state index in [1.54, 1.807) is 0 Å². The van der Waals surface area contributed by atoms with Gasteiger partial charge in [0.1, 0.15) is 0 Å². The maximum atomic E-state index is 11.4. The van der Waals surface area contributed by atoms with Gasteiger partial charge in [-0.05, 0) is 39.2 Å². The third kappa shape index (κ3) is 4.55. The van der Waals surface area contributed by atoms with Gasteiger partial charge in [0, 0.05) is 16.7 Å². The van der Waals surface area contributed by atoms with Gasteiger partial charge in [0.2, 0.25) is 0 Å². The molecule has 0 radical (unpaired) electrons. The van der Waals surface area contributed by atoms with Crippen LogP contribution in [0.1, 0.15) is 103 Å². The van der Waals surface area contributed by atoms with Crippen molar-refractivity contribution >= 4 is 0 Å². The maximum Gasteiger partial charge on any atom is 0.0824 e. The van der Waals surface area contributed by atoms with Crippen LogP contribution in [0.3, 0.4) is 0 Å². The van der Waals surface area contributed by atoms with Crippen molar-refractivity contribution in [3.05, 3.63) is 47.6 Å². The molecular weight excluding hydrogens is 416 g/mol. The van der Waals surface area contributed by atoms with Crippen LogP contribution in [-0.2, 0) is 0 Å². The lowest BCUT2D eigenvalue weighted by Crippen LogP contribution is -2.54. The van der Waals surface area contributed by atoms with E-state index in [1.165, 1.54) is 11.1 Å². The molecule has 2 atom stereocenters. The van der Waals surface area contributed by atoms with Crippen LogP contribution < -0.4 is 0 Å². The van der Waals surface area contributed by atoms with Crippen molar-refractivity contribution < 1.29 is 10.2 Å². The number of aliphatic hydroxyl groups excluding tert-OH is 2. The van der Waals surface area contributed by atoms with Crippen LogP contribution in [0.4, 0.5) is 0 Å². The third-order valence-electron chi connectivity index (χ3n) is 9.01. The van der Waals surface area contributed by atoms with Crippen molar-refractivity contribution in [2.45, 2.75) is 115 Å². The second-order valence-corrected chi connectivity index (χ2v) is 15.0. The standard InChI is InChI=1S/C32H54O2/c1-14-15-24(22-16-18-25(33)31(20-22,27(2,3)4)28(5,6)7)23-17-19-26(34)32(21-23,29(8,9)10)30(11,12)13/h16-21,24-26,33-34H,14-15H2,1-13H3. The van der Waals surface area contributed by atoms with Gasteiger partial charge in [-0.3, -0.25) is 0 Å². The van der Waals surface area contributed by atoms with Crippen LogP contribution >= 0.6 is 0 Å². The summed E-state index contributed by atoms with van der Waals surface area (Å²) in [5.74, 6) is 0.227. The average Bonchev–Trinajstić information content (AvgIpc) is 2.63. The minimum Gasteiger partial charge on any atom is -0.388 e. The van der Waals surface area contributed by atoms with Crippen LogP contribution in [0.15, 0.2) is 47.6 Å².